The summed E-state index contributed by atoms with van der Waals surface area (Å²) in [6.45, 7) is 8.30. The van der Waals surface area contributed by atoms with E-state index in [4.69, 9.17) is 5.73 Å². The first-order valence-electron chi connectivity index (χ1n) is 7.28. The lowest BCUT2D eigenvalue weighted by atomic mass is 9.90. The van der Waals surface area contributed by atoms with Crippen LogP contribution in [0, 0.1) is 12.8 Å². The molecule has 3 heteroatoms. The van der Waals surface area contributed by atoms with Crippen LogP contribution in [0.3, 0.4) is 0 Å². The molecule has 1 aliphatic rings. The fourth-order valence-electron chi connectivity index (χ4n) is 3.20. The Bertz CT molecular complexity index is 433. The summed E-state index contributed by atoms with van der Waals surface area (Å²) in [5, 5.41) is 10.1. The number of phenols is 1. The molecule has 1 saturated heterocycles. The molecule has 0 spiro atoms. The van der Waals surface area contributed by atoms with Crippen molar-refractivity contribution in [1.82, 2.24) is 4.90 Å². The number of aromatic hydroxyl groups is 1. The SMILES string of the molecule is Cc1ccc(O)c(C(C)N2CCC(C)CC2CN)c1. The molecule has 3 nitrogen and oxygen atoms in total. The molecular formula is C16H26N2O. The fourth-order valence-corrected chi connectivity index (χ4v) is 3.20. The van der Waals surface area contributed by atoms with E-state index in [-0.39, 0.29) is 6.04 Å². The van der Waals surface area contributed by atoms with Gasteiger partial charge in [-0.1, -0.05) is 24.6 Å². The Morgan fingerprint density at radius 1 is 1.47 bits per heavy atom. The van der Waals surface area contributed by atoms with Crippen molar-refractivity contribution in [2.24, 2.45) is 11.7 Å². The lowest BCUT2D eigenvalue weighted by Crippen LogP contribution is -2.47. The van der Waals surface area contributed by atoms with Crippen molar-refractivity contribution in [2.75, 3.05) is 13.1 Å². The van der Waals surface area contributed by atoms with E-state index in [9.17, 15) is 5.11 Å². The molecule has 0 bridgehead atoms. The molecule has 2 rings (SSSR count). The topological polar surface area (TPSA) is 49.5 Å². The molecule has 1 aromatic rings. The summed E-state index contributed by atoms with van der Waals surface area (Å²) in [4.78, 5) is 2.45. The summed E-state index contributed by atoms with van der Waals surface area (Å²) in [6, 6.07) is 6.49. The molecule has 1 heterocycles. The molecular weight excluding hydrogens is 236 g/mol. The average Bonchev–Trinajstić information content (AvgIpc) is 2.40. The first-order chi connectivity index (χ1) is 9.02. The third-order valence-electron chi connectivity index (χ3n) is 4.43. The summed E-state index contributed by atoms with van der Waals surface area (Å²) in [7, 11) is 0. The third kappa shape index (κ3) is 3.10. The molecule has 0 aromatic heterocycles. The van der Waals surface area contributed by atoms with Gasteiger partial charge in [-0.15, -0.1) is 0 Å². The normalized spacial score (nSPS) is 26.3. The minimum Gasteiger partial charge on any atom is -0.508 e. The first-order valence-corrected chi connectivity index (χ1v) is 7.28. The van der Waals surface area contributed by atoms with Crippen molar-refractivity contribution in [2.45, 2.75) is 45.7 Å². The highest BCUT2D eigenvalue weighted by Crippen LogP contribution is 2.34. The van der Waals surface area contributed by atoms with Crippen LogP contribution < -0.4 is 5.73 Å². The van der Waals surface area contributed by atoms with Crippen molar-refractivity contribution in [3.63, 3.8) is 0 Å². The van der Waals surface area contributed by atoms with Gasteiger partial charge in [0.1, 0.15) is 5.75 Å². The van der Waals surface area contributed by atoms with Crippen LogP contribution in [0.5, 0.6) is 5.75 Å². The number of phenolic OH excluding ortho intramolecular Hbond substituents is 1. The predicted octanol–water partition coefficient (Wildman–Crippen LogP) is 2.82. The summed E-state index contributed by atoms with van der Waals surface area (Å²) in [5.41, 5.74) is 8.15. The van der Waals surface area contributed by atoms with Crippen molar-refractivity contribution >= 4 is 0 Å². The molecule has 0 amide bonds. The third-order valence-corrected chi connectivity index (χ3v) is 4.43. The van der Waals surface area contributed by atoms with Gasteiger partial charge in [0.05, 0.1) is 0 Å². The molecule has 19 heavy (non-hydrogen) atoms. The van der Waals surface area contributed by atoms with Crippen molar-refractivity contribution in [3.8, 4) is 5.75 Å². The van der Waals surface area contributed by atoms with Gasteiger partial charge in [-0.3, -0.25) is 4.90 Å². The predicted molar refractivity (Wildman–Crippen MR) is 79.2 cm³/mol. The van der Waals surface area contributed by atoms with Crippen LogP contribution >= 0.6 is 0 Å². The molecule has 3 unspecified atom stereocenters. The molecule has 3 atom stereocenters. The van der Waals surface area contributed by atoms with Crippen molar-refractivity contribution < 1.29 is 5.11 Å². The van der Waals surface area contributed by atoms with Crippen LogP contribution in [-0.4, -0.2) is 29.1 Å². The van der Waals surface area contributed by atoms with Gasteiger partial charge < -0.3 is 10.8 Å². The molecule has 1 aromatic carbocycles. The van der Waals surface area contributed by atoms with Gasteiger partial charge in [0.15, 0.2) is 0 Å². The van der Waals surface area contributed by atoms with Gasteiger partial charge >= 0.3 is 0 Å². The highest BCUT2D eigenvalue weighted by atomic mass is 16.3. The van der Waals surface area contributed by atoms with Crippen molar-refractivity contribution in [1.29, 1.82) is 0 Å². The van der Waals surface area contributed by atoms with Crippen LogP contribution in [-0.2, 0) is 0 Å². The van der Waals surface area contributed by atoms with Gasteiger partial charge in [-0.25, -0.2) is 0 Å². The number of hydrogen-bond acceptors (Lipinski definition) is 3. The maximum absolute atomic E-state index is 10.1. The second-order valence-electron chi connectivity index (χ2n) is 6.00. The Hall–Kier alpha value is -1.06. The van der Waals surface area contributed by atoms with Gasteiger partial charge in [-0.05, 0) is 45.2 Å². The fraction of sp³-hybridized carbons (Fsp3) is 0.625. The molecule has 106 valence electrons. The molecule has 1 fully saturated rings. The first kappa shape index (κ1) is 14.4. The standard InChI is InChI=1S/C16H26N2O/c1-11-4-5-16(19)15(9-11)13(3)18-7-6-12(2)8-14(18)10-17/h4-5,9,12-14,19H,6-8,10,17H2,1-3H3. The van der Waals surface area contributed by atoms with Crippen LogP contribution in [0.2, 0.25) is 0 Å². The summed E-state index contributed by atoms with van der Waals surface area (Å²) in [5.74, 6) is 1.15. The van der Waals surface area contributed by atoms with E-state index < -0.39 is 0 Å². The maximum atomic E-state index is 10.1. The second kappa shape index (κ2) is 5.93. The number of likely N-dealkylation sites (tertiary alicyclic amines) is 1. The summed E-state index contributed by atoms with van der Waals surface area (Å²) >= 11 is 0. The van der Waals surface area contributed by atoms with Crippen LogP contribution in [0.1, 0.15) is 43.9 Å². The minimum absolute atomic E-state index is 0.223. The van der Waals surface area contributed by atoms with Gasteiger partial charge in [0, 0.05) is 24.2 Å². The molecule has 1 aliphatic heterocycles. The molecule has 3 N–H and O–H groups in total. The number of rotatable bonds is 3. The van der Waals surface area contributed by atoms with E-state index in [1.165, 1.54) is 12.0 Å². The number of piperidine rings is 1. The van der Waals surface area contributed by atoms with E-state index in [1.54, 1.807) is 6.07 Å². The number of hydrogen-bond donors (Lipinski definition) is 2. The van der Waals surface area contributed by atoms with Crippen LogP contribution in [0.25, 0.3) is 0 Å². The Balaban J connectivity index is 2.22. The monoisotopic (exact) mass is 262 g/mol. The summed E-state index contributed by atoms with van der Waals surface area (Å²) < 4.78 is 0. The Morgan fingerprint density at radius 3 is 2.89 bits per heavy atom. The largest absolute Gasteiger partial charge is 0.508 e. The highest BCUT2D eigenvalue weighted by molar-refractivity contribution is 5.37. The van der Waals surface area contributed by atoms with Gasteiger partial charge in [-0.2, -0.15) is 0 Å². The second-order valence-corrected chi connectivity index (χ2v) is 6.00. The van der Waals surface area contributed by atoms with E-state index >= 15 is 0 Å². The van der Waals surface area contributed by atoms with Crippen molar-refractivity contribution in [3.05, 3.63) is 29.3 Å². The average molecular weight is 262 g/mol. The number of nitrogens with zero attached hydrogens (tertiary/aromatic N) is 1. The number of nitrogens with two attached hydrogens (primary N) is 1. The van der Waals surface area contributed by atoms with Crippen LogP contribution in [0.4, 0.5) is 0 Å². The zero-order valence-electron chi connectivity index (χ0n) is 12.3. The summed E-state index contributed by atoms with van der Waals surface area (Å²) in [6.07, 6.45) is 2.38. The molecule has 0 saturated carbocycles. The Labute approximate surface area is 116 Å². The minimum atomic E-state index is 0.223. The smallest absolute Gasteiger partial charge is 0.120 e. The number of aryl methyl sites for hydroxylation is 1. The highest BCUT2D eigenvalue weighted by Gasteiger charge is 2.30. The zero-order chi connectivity index (χ0) is 14.0. The van der Waals surface area contributed by atoms with E-state index in [0.717, 1.165) is 24.4 Å². The quantitative estimate of drug-likeness (QED) is 0.880. The van der Waals surface area contributed by atoms with E-state index in [1.807, 2.05) is 6.07 Å². The molecule has 0 aliphatic carbocycles. The maximum Gasteiger partial charge on any atom is 0.120 e. The lowest BCUT2D eigenvalue weighted by molar-refractivity contribution is 0.0823. The Morgan fingerprint density at radius 2 is 2.21 bits per heavy atom. The zero-order valence-corrected chi connectivity index (χ0v) is 12.3. The lowest BCUT2D eigenvalue weighted by Gasteiger charge is -2.42. The number of benzene rings is 1. The Kier molecular flexibility index (Phi) is 4.48. The van der Waals surface area contributed by atoms with Gasteiger partial charge in [0.2, 0.25) is 0 Å². The van der Waals surface area contributed by atoms with E-state index in [0.29, 0.717) is 18.3 Å². The van der Waals surface area contributed by atoms with Crippen LogP contribution in [0.15, 0.2) is 18.2 Å². The van der Waals surface area contributed by atoms with Gasteiger partial charge in [0.25, 0.3) is 0 Å². The molecule has 0 radical (unpaired) electrons. The van der Waals surface area contributed by atoms with E-state index in [2.05, 4.69) is 31.7 Å².